The lowest BCUT2D eigenvalue weighted by Crippen LogP contribution is -1.92. The number of para-hydroxylation sites is 3. The summed E-state index contributed by atoms with van der Waals surface area (Å²) in [7, 11) is 0. The summed E-state index contributed by atoms with van der Waals surface area (Å²) in [5.74, 6) is 0. The molecule has 0 saturated carbocycles. The zero-order valence-electron chi connectivity index (χ0n) is 27.8. The van der Waals surface area contributed by atoms with Crippen LogP contribution in [0.3, 0.4) is 0 Å². The molecule has 0 aliphatic heterocycles. The van der Waals surface area contributed by atoms with Gasteiger partial charge in [0.15, 0.2) is 0 Å². The van der Waals surface area contributed by atoms with Crippen molar-refractivity contribution in [3.8, 4) is 50.2 Å². The van der Waals surface area contributed by atoms with Gasteiger partial charge in [0, 0.05) is 27.2 Å². The first-order chi connectivity index (χ1) is 25.2. The topological polar surface area (TPSA) is 18.1 Å². The fourth-order valence-corrected chi connectivity index (χ4v) is 8.32. The van der Waals surface area contributed by atoms with Crippen LogP contribution in [0.25, 0.3) is 93.9 Å². The maximum atomic E-state index is 6.10. The second kappa shape index (κ2) is 10.9. The lowest BCUT2D eigenvalue weighted by atomic mass is 9.94. The maximum Gasteiger partial charge on any atom is 0.135 e. The average Bonchev–Trinajstić information content (AvgIpc) is 3.86. The summed E-state index contributed by atoms with van der Waals surface area (Å²) < 4.78 is 8.47. The lowest BCUT2D eigenvalue weighted by molar-refractivity contribution is 0.669. The van der Waals surface area contributed by atoms with Gasteiger partial charge >= 0.3 is 0 Å². The van der Waals surface area contributed by atoms with Gasteiger partial charge in [-0.1, -0.05) is 109 Å². The molecule has 1 aliphatic rings. The third-order valence-corrected chi connectivity index (χ3v) is 10.8. The van der Waals surface area contributed by atoms with Crippen LogP contribution in [-0.4, -0.2) is 4.57 Å². The van der Waals surface area contributed by atoms with Gasteiger partial charge in [-0.2, -0.15) is 0 Å². The predicted molar refractivity (Wildman–Crippen MR) is 213 cm³/mol. The highest BCUT2D eigenvalue weighted by molar-refractivity contribution is 6.10. The van der Waals surface area contributed by atoms with E-state index in [1.807, 2.05) is 12.1 Å². The van der Waals surface area contributed by atoms with Crippen LogP contribution in [0.2, 0.25) is 0 Å². The molecule has 0 bridgehead atoms. The van der Waals surface area contributed by atoms with Crippen molar-refractivity contribution in [1.82, 2.24) is 4.57 Å². The fraction of sp³-hybridized carbons (Fsp3) is 0.0204. The van der Waals surface area contributed by atoms with E-state index < -0.39 is 0 Å². The third-order valence-electron chi connectivity index (χ3n) is 10.8. The molecule has 8 aromatic carbocycles. The Morgan fingerprint density at radius 3 is 1.67 bits per heavy atom. The van der Waals surface area contributed by atoms with E-state index in [-0.39, 0.29) is 0 Å². The fourth-order valence-electron chi connectivity index (χ4n) is 8.32. The summed E-state index contributed by atoms with van der Waals surface area (Å²) in [6.07, 6.45) is 0.966. The highest BCUT2D eigenvalue weighted by Gasteiger charge is 2.21. The van der Waals surface area contributed by atoms with Gasteiger partial charge in [0.2, 0.25) is 0 Å². The summed E-state index contributed by atoms with van der Waals surface area (Å²) >= 11 is 0. The molecule has 0 saturated heterocycles. The Hall–Kier alpha value is -6.64. The molecule has 2 heterocycles. The molecule has 11 rings (SSSR count). The van der Waals surface area contributed by atoms with E-state index in [0.29, 0.717) is 0 Å². The van der Waals surface area contributed by atoms with Crippen molar-refractivity contribution in [2.75, 3.05) is 0 Å². The summed E-state index contributed by atoms with van der Waals surface area (Å²) in [4.78, 5) is 0. The van der Waals surface area contributed by atoms with Gasteiger partial charge in [-0.25, -0.2) is 0 Å². The van der Waals surface area contributed by atoms with Gasteiger partial charge in [0.1, 0.15) is 11.2 Å². The average molecular weight is 650 g/mol. The number of nitrogens with zero attached hydrogens (tertiary/aromatic N) is 1. The molecule has 238 valence electrons. The minimum Gasteiger partial charge on any atom is -0.456 e. The Bertz CT molecular complexity index is 3000. The monoisotopic (exact) mass is 649 g/mol. The third kappa shape index (κ3) is 4.43. The number of rotatable bonds is 4. The molecular weight excluding hydrogens is 619 g/mol. The zero-order chi connectivity index (χ0) is 33.5. The van der Waals surface area contributed by atoms with Crippen LogP contribution >= 0.6 is 0 Å². The first-order valence-corrected chi connectivity index (χ1v) is 17.6. The van der Waals surface area contributed by atoms with Crippen LogP contribution in [0, 0.1) is 0 Å². The molecule has 0 amide bonds. The molecule has 0 atom stereocenters. The number of furan rings is 1. The van der Waals surface area contributed by atoms with Crippen molar-refractivity contribution >= 4 is 43.7 Å². The molecule has 10 aromatic rings. The van der Waals surface area contributed by atoms with Gasteiger partial charge in [-0.3, -0.25) is 0 Å². The van der Waals surface area contributed by atoms with Crippen LogP contribution in [0.15, 0.2) is 180 Å². The second-order valence-corrected chi connectivity index (χ2v) is 13.7. The van der Waals surface area contributed by atoms with Gasteiger partial charge in [-0.05, 0) is 129 Å². The molecule has 0 spiro atoms. The van der Waals surface area contributed by atoms with Gasteiger partial charge in [-0.15, -0.1) is 0 Å². The number of hydrogen-bond acceptors (Lipinski definition) is 1. The second-order valence-electron chi connectivity index (χ2n) is 13.7. The minimum atomic E-state index is 0.923. The molecule has 0 N–H and O–H groups in total. The maximum absolute atomic E-state index is 6.10. The highest BCUT2D eigenvalue weighted by Crippen LogP contribution is 2.43. The summed E-state index contributed by atoms with van der Waals surface area (Å²) in [5, 5.41) is 4.85. The molecule has 0 unspecified atom stereocenters. The standard InChI is InChI=1S/C49H31NO/c1-2-11-39(12-3-1)50-46-15-6-4-13-40(46)44-29-35(21-23-47(44)50)34-18-20-38-26-37-19-17-33(27-42(37)43(38)28-34)31-9-8-10-32(25-31)36-22-24-49-45(30-36)41-14-5-7-16-48(41)51-49/h1-25,27-30H,26H2. The van der Waals surface area contributed by atoms with E-state index in [4.69, 9.17) is 4.42 Å². The van der Waals surface area contributed by atoms with Gasteiger partial charge in [0.05, 0.1) is 11.0 Å². The summed E-state index contributed by atoms with van der Waals surface area (Å²) in [6.45, 7) is 0. The first kappa shape index (κ1) is 28.2. The summed E-state index contributed by atoms with van der Waals surface area (Å²) in [6, 6.07) is 64.1. The Kier molecular flexibility index (Phi) is 6.05. The molecular formula is C49H31NO. The van der Waals surface area contributed by atoms with E-state index in [2.05, 4.69) is 168 Å². The Balaban J connectivity index is 0.974. The minimum absolute atomic E-state index is 0.923. The number of fused-ring (bicyclic) bond motifs is 9. The molecule has 0 fully saturated rings. The highest BCUT2D eigenvalue weighted by atomic mass is 16.3. The quantitative estimate of drug-likeness (QED) is 0.186. The van der Waals surface area contributed by atoms with Crippen LogP contribution in [0.4, 0.5) is 0 Å². The molecule has 0 radical (unpaired) electrons. The molecule has 2 heteroatoms. The van der Waals surface area contributed by atoms with Crippen LogP contribution in [-0.2, 0) is 6.42 Å². The van der Waals surface area contributed by atoms with Crippen LogP contribution in [0.1, 0.15) is 11.1 Å². The predicted octanol–water partition coefficient (Wildman–Crippen LogP) is 13.3. The molecule has 2 aromatic heterocycles. The Labute approximate surface area is 295 Å². The Morgan fingerprint density at radius 2 is 0.902 bits per heavy atom. The number of benzene rings is 8. The molecule has 51 heavy (non-hydrogen) atoms. The van der Waals surface area contributed by atoms with E-state index in [1.165, 1.54) is 83.1 Å². The SMILES string of the molecule is c1ccc(-n2c3ccccc3c3cc(-c4ccc5c(c4)-c4cc(-c6cccc(-c7ccc8oc9ccccc9c8c7)c6)ccc4C5)ccc32)cc1. The van der Waals surface area contributed by atoms with Crippen molar-refractivity contribution in [1.29, 1.82) is 0 Å². The van der Waals surface area contributed by atoms with Crippen molar-refractivity contribution in [2.24, 2.45) is 0 Å². The lowest BCUT2D eigenvalue weighted by Gasteiger charge is -2.10. The van der Waals surface area contributed by atoms with Crippen molar-refractivity contribution < 1.29 is 4.42 Å². The Morgan fingerprint density at radius 1 is 0.353 bits per heavy atom. The first-order valence-electron chi connectivity index (χ1n) is 17.6. The van der Waals surface area contributed by atoms with Crippen molar-refractivity contribution in [3.63, 3.8) is 0 Å². The molecule has 2 nitrogen and oxygen atoms in total. The van der Waals surface area contributed by atoms with Crippen molar-refractivity contribution in [2.45, 2.75) is 6.42 Å². The van der Waals surface area contributed by atoms with Gasteiger partial charge in [0.25, 0.3) is 0 Å². The largest absolute Gasteiger partial charge is 0.456 e. The van der Waals surface area contributed by atoms with Crippen molar-refractivity contribution in [3.05, 3.63) is 187 Å². The van der Waals surface area contributed by atoms with E-state index >= 15 is 0 Å². The zero-order valence-corrected chi connectivity index (χ0v) is 27.8. The summed E-state index contributed by atoms with van der Waals surface area (Å²) in [5.41, 5.74) is 18.3. The van der Waals surface area contributed by atoms with Crippen LogP contribution in [0.5, 0.6) is 0 Å². The number of hydrogen-bond donors (Lipinski definition) is 0. The van der Waals surface area contributed by atoms with E-state index in [9.17, 15) is 0 Å². The molecule has 1 aliphatic carbocycles. The number of aromatic nitrogens is 1. The normalized spacial score (nSPS) is 12.2. The smallest absolute Gasteiger partial charge is 0.135 e. The van der Waals surface area contributed by atoms with Gasteiger partial charge < -0.3 is 8.98 Å². The van der Waals surface area contributed by atoms with Crippen LogP contribution < -0.4 is 0 Å². The van der Waals surface area contributed by atoms with E-state index in [1.54, 1.807) is 0 Å². The van der Waals surface area contributed by atoms with E-state index in [0.717, 1.165) is 28.4 Å².